The van der Waals surface area contributed by atoms with Crippen molar-refractivity contribution in [2.45, 2.75) is 32.0 Å². The van der Waals surface area contributed by atoms with Gasteiger partial charge in [0.2, 0.25) is 11.2 Å². The lowest BCUT2D eigenvalue weighted by Crippen LogP contribution is -2.29. The van der Waals surface area contributed by atoms with Gasteiger partial charge in [-0.25, -0.2) is 0 Å². The number of aromatic hydroxyl groups is 1. The van der Waals surface area contributed by atoms with Gasteiger partial charge in [0.05, 0.1) is 18.1 Å². The van der Waals surface area contributed by atoms with Gasteiger partial charge >= 0.3 is 6.18 Å². The number of phenols is 1. The van der Waals surface area contributed by atoms with E-state index in [1.807, 2.05) is 4.90 Å². The van der Waals surface area contributed by atoms with Gasteiger partial charge in [-0.3, -0.25) is 9.69 Å². The predicted octanol–water partition coefficient (Wildman–Crippen LogP) is 5.30. The topological polar surface area (TPSA) is 72.1 Å². The molecule has 1 N–H and O–H groups in total. The minimum atomic E-state index is -5.00. The zero-order valence-corrected chi connectivity index (χ0v) is 17.4. The van der Waals surface area contributed by atoms with Gasteiger partial charge in [-0.05, 0) is 50.2 Å². The molecule has 6 nitrogen and oxygen atoms in total. The van der Waals surface area contributed by atoms with Gasteiger partial charge in [0.15, 0.2) is 11.5 Å². The molecule has 1 aliphatic heterocycles. The smallest absolute Gasteiger partial charge is 0.453 e. The van der Waals surface area contributed by atoms with Crippen LogP contribution < -0.4 is 14.9 Å². The highest BCUT2D eigenvalue weighted by Crippen LogP contribution is 2.41. The van der Waals surface area contributed by atoms with E-state index in [4.69, 9.17) is 13.9 Å². The van der Waals surface area contributed by atoms with Crippen LogP contribution in [0, 0.1) is 0 Å². The van der Waals surface area contributed by atoms with Crippen LogP contribution in [0.15, 0.2) is 45.6 Å². The molecule has 0 aliphatic carbocycles. The number of benzene rings is 2. The second kappa shape index (κ2) is 8.74. The zero-order chi connectivity index (χ0) is 22.9. The number of likely N-dealkylation sites (tertiary alicyclic amines) is 1. The normalized spacial score (nSPS) is 15.1. The second-order valence-corrected chi connectivity index (χ2v) is 7.62. The van der Waals surface area contributed by atoms with E-state index in [9.17, 15) is 23.1 Å². The third-order valence-corrected chi connectivity index (χ3v) is 5.47. The van der Waals surface area contributed by atoms with Crippen LogP contribution >= 0.6 is 0 Å². The molecule has 0 spiro atoms. The summed E-state index contributed by atoms with van der Waals surface area (Å²) in [7, 11) is 1.34. The lowest BCUT2D eigenvalue weighted by atomic mass is 10.1. The average Bonchev–Trinajstić information content (AvgIpc) is 2.77. The van der Waals surface area contributed by atoms with Gasteiger partial charge in [-0.2, -0.15) is 13.2 Å². The van der Waals surface area contributed by atoms with Crippen molar-refractivity contribution < 1.29 is 32.2 Å². The zero-order valence-electron chi connectivity index (χ0n) is 17.4. The van der Waals surface area contributed by atoms with Crippen molar-refractivity contribution in [1.29, 1.82) is 0 Å². The minimum absolute atomic E-state index is 0.0560. The molecule has 0 unspecified atom stereocenters. The summed E-state index contributed by atoms with van der Waals surface area (Å²) >= 11 is 0. The first-order valence-corrected chi connectivity index (χ1v) is 10.2. The van der Waals surface area contributed by atoms with Crippen molar-refractivity contribution in [1.82, 2.24) is 4.90 Å². The minimum Gasteiger partial charge on any atom is -0.507 e. The maximum Gasteiger partial charge on any atom is 0.453 e. The molecule has 0 saturated carbocycles. The van der Waals surface area contributed by atoms with E-state index in [1.165, 1.54) is 31.4 Å². The number of rotatable bonds is 5. The number of hydrogen-bond donors (Lipinski definition) is 1. The maximum absolute atomic E-state index is 13.9. The Morgan fingerprint density at radius 2 is 1.75 bits per heavy atom. The molecule has 2 aromatic carbocycles. The van der Waals surface area contributed by atoms with Crippen molar-refractivity contribution in [3.05, 3.63) is 57.9 Å². The number of nitrogens with zero attached hydrogens (tertiary/aromatic N) is 1. The molecule has 0 radical (unpaired) electrons. The van der Waals surface area contributed by atoms with Crippen LogP contribution in [-0.4, -0.2) is 30.2 Å². The predicted molar refractivity (Wildman–Crippen MR) is 111 cm³/mol. The Labute approximate surface area is 181 Å². The number of hydrogen-bond acceptors (Lipinski definition) is 6. The van der Waals surface area contributed by atoms with E-state index in [2.05, 4.69) is 0 Å². The van der Waals surface area contributed by atoms with Gasteiger partial charge in [0, 0.05) is 6.54 Å². The number of ether oxygens (including phenoxy) is 2. The summed E-state index contributed by atoms with van der Waals surface area (Å²) in [6.45, 7) is 1.68. The van der Waals surface area contributed by atoms with Crippen LogP contribution in [0.4, 0.5) is 13.2 Å². The van der Waals surface area contributed by atoms with Crippen LogP contribution in [0.1, 0.15) is 30.6 Å². The van der Waals surface area contributed by atoms with Crippen molar-refractivity contribution in [2.24, 2.45) is 0 Å². The first kappa shape index (κ1) is 22.0. The Bertz CT molecular complexity index is 1180. The summed E-state index contributed by atoms with van der Waals surface area (Å²) in [5, 5.41) is 10.3. The van der Waals surface area contributed by atoms with E-state index in [-0.39, 0.29) is 40.3 Å². The van der Waals surface area contributed by atoms with E-state index >= 15 is 0 Å². The monoisotopic (exact) mass is 449 g/mol. The molecule has 1 fully saturated rings. The van der Waals surface area contributed by atoms with Crippen LogP contribution in [0.3, 0.4) is 0 Å². The number of phenolic OH excluding ortho intramolecular Hbond substituents is 1. The summed E-state index contributed by atoms with van der Waals surface area (Å²) in [6.07, 6.45) is -2.01. The van der Waals surface area contributed by atoms with Crippen molar-refractivity contribution in [2.75, 3.05) is 20.2 Å². The highest BCUT2D eigenvalue weighted by Gasteiger charge is 2.41. The first-order chi connectivity index (χ1) is 15.3. The summed E-state index contributed by atoms with van der Waals surface area (Å²) < 4.78 is 57.5. The molecule has 0 amide bonds. The number of fused-ring (bicyclic) bond motifs is 1. The summed E-state index contributed by atoms with van der Waals surface area (Å²) in [5.74, 6) is -2.66. The third-order valence-electron chi connectivity index (χ3n) is 5.47. The number of methoxy groups -OCH3 is 1. The van der Waals surface area contributed by atoms with Crippen molar-refractivity contribution in [3.63, 3.8) is 0 Å². The van der Waals surface area contributed by atoms with Gasteiger partial charge in [0.1, 0.15) is 11.3 Å². The molecule has 9 heteroatoms. The fourth-order valence-electron chi connectivity index (χ4n) is 3.87. The largest absolute Gasteiger partial charge is 0.507 e. The summed E-state index contributed by atoms with van der Waals surface area (Å²) in [4.78, 5) is 15.2. The molecule has 1 aliphatic rings. The van der Waals surface area contributed by atoms with E-state index in [0.717, 1.165) is 32.4 Å². The number of alkyl halides is 3. The Morgan fingerprint density at radius 1 is 1.06 bits per heavy atom. The highest BCUT2D eigenvalue weighted by atomic mass is 19.4. The van der Waals surface area contributed by atoms with Crippen molar-refractivity contribution >= 4 is 11.0 Å². The molecular formula is C23H22F3NO5. The van der Waals surface area contributed by atoms with Crippen LogP contribution in [0.2, 0.25) is 0 Å². The van der Waals surface area contributed by atoms with E-state index in [0.29, 0.717) is 0 Å². The number of para-hydroxylation sites is 2. The molecule has 1 aromatic heterocycles. The number of piperidine rings is 1. The molecule has 4 rings (SSSR count). The summed E-state index contributed by atoms with van der Waals surface area (Å²) in [5.41, 5.74) is -1.12. The third kappa shape index (κ3) is 4.25. The van der Waals surface area contributed by atoms with Crippen LogP contribution in [-0.2, 0) is 12.7 Å². The Balaban J connectivity index is 1.89. The second-order valence-electron chi connectivity index (χ2n) is 7.62. The highest BCUT2D eigenvalue weighted by molar-refractivity contribution is 5.83. The quantitative estimate of drug-likeness (QED) is 0.570. The van der Waals surface area contributed by atoms with Gasteiger partial charge in [-0.15, -0.1) is 0 Å². The molecule has 0 bridgehead atoms. The molecule has 170 valence electrons. The van der Waals surface area contributed by atoms with Gasteiger partial charge in [0.25, 0.3) is 5.76 Å². The molecule has 2 heterocycles. The fourth-order valence-corrected chi connectivity index (χ4v) is 3.87. The maximum atomic E-state index is 13.9. The molecule has 32 heavy (non-hydrogen) atoms. The lowest BCUT2D eigenvalue weighted by Gasteiger charge is -2.27. The summed E-state index contributed by atoms with van der Waals surface area (Å²) in [6, 6.07) is 8.59. The van der Waals surface area contributed by atoms with Gasteiger partial charge in [-0.1, -0.05) is 18.6 Å². The first-order valence-electron chi connectivity index (χ1n) is 10.2. The van der Waals surface area contributed by atoms with E-state index < -0.39 is 23.1 Å². The fraction of sp³-hybridized carbons (Fsp3) is 0.348. The Kier molecular flexibility index (Phi) is 6.01. The Morgan fingerprint density at radius 3 is 2.41 bits per heavy atom. The van der Waals surface area contributed by atoms with Crippen LogP contribution in [0.25, 0.3) is 11.0 Å². The molecule has 3 aromatic rings. The molecular weight excluding hydrogens is 427 g/mol. The standard InChI is InChI=1S/C23H22F3NO5/c1-30-17-7-3-4-8-18(17)31-21-19(29)14-9-10-16(28)15(13-27-11-5-2-6-12-27)20(14)32-22(21)23(24,25)26/h3-4,7-10,28H,2,5-6,11-13H2,1H3. The lowest BCUT2D eigenvalue weighted by molar-refractivity contribution is -0.154. The molecule has 0 atom stereocenters. The van der Waals surface area contributed by atoms with E-state index in [1.54, 1.807) is 12.1 Å². The number of halogens is 3. The van der Waals surface area contributed by atoms with Gasteiger partial charge < -0.3 is 19.0 Å². The molecule has 1 saturated heterocycles. The van der Waals surface area contributed by atoms with Crippen molar-refractivity contribution in [3.8, 4) is 23.0 Å². The Hall–Kier alpha value is -3.20. The SMILES string of the molecule is COc1ccccc1Oc1c(C(F)(F)F)oc2c(CN3CCCCC3)c(O)ccc2c1=O. The van der Waals surface area contributed by atoms with Crippen LogP contribution in [0.5, 0.6) is 23.0 Å². The average molecular weight is 449 g/mol.